The summed E-state index contributed by atoms with van der Waals surface area (Å²) in [5.74, 6) is -1.01. The van der Waals surface area contributed by atoms with Gasteiger partial charge in [0, 0.05) is 30.3 Å². The summed E-state index contributed by atoms with van der Waals surface area (Å²) in [6.07, 6.45) is 0. The molecule has 1 fully saturated rings. The van der Waals surface area contributed by atoms with E-state index in [1.54, 1.807) is 12.1 Å². The van der Waals surface area contributed by atoms with Crippen molar-refractivity contribution in [2.45, 2.75) is 13.8 Å². The Hall–Kier alpha value is -1.81. The van der Waals surface area contributed by atoms with Crippen LogP contribution in [0.25, 0.3) is 0 Å². The molecule has 5 heteroatoms. The predicted octanol–water partition coefficient (Wildman–Crippen LogP) is 2.40. The highest BCUT2D eigenvalue weighted by Crippen LogP contribution is 2.24. The molecule has 0 saturated carbocycles. The van der Waals surface area contributed by atoms with Gasteiger partial charge >= 0.3 is 11.8 Å². The van der Waals surface area contributed by atoms with Gasteiger partial charge in [-0.05, 0) is 31.5 Å². The monoisotopic (exact) mass is 292 g/mol. The lowest BCUT2D eigenvalue weighted by atomic mass is 10.2. The summed E-state index contributed by atoms with van der Waals surface area (Å²) in [5, 5.41) is 0.590. The Bertz CT molecular complexity index is 583. The molecule has 0 N–H and O–H groups in total. The summed E-state index contributed by atoms with van der Waals surface area (Å²) in [4.78, 5) is 27.2. The van der Waals surface area contributed by atoms with E-state index in [1.165, 1.54) is 9.80 Å². The molecule has 20 heavy (non-hydrogen) atoms. The number of rotatable bonds is 3. The normalized spacial score (nSPS) is 15.8. The third kappa shape index (κ3) is 2.85. The first kappa shape index (κ1) is 14.6. The van der Waals surface area contributed by atoms with Crippen LogP contribution in [0.3, 0.4) is 0 Å². The molecular weight excluding hydrogens is 276 g/mol. The number of aryl methyl sites for hydroxylation is 1. The highest BCUT2D eigenvalue weighted by atomic mass is 35.5. The molecule has 0 bridgehead atoms. The zero-order valence-electron chi connectivity index (χ0n) is 11.6. The third-order valence-corrected chi connectivity index (χ3v) is 3.64. The van der Waals surface area contributed by atoms with Gasteiger partial charge in [0.25, 0.3) is 0 Å². The first-order valence-electron chi connectivity index (χ1n) is 6.41. The number of amides is 2. The third-order valence-electron chi connectivity index (χ3n) is 3.24. The van der Waals surface area contributed by atoms with Gasteiger partial charge in [-0.3, -0.25) is 9.59 Å². The fraction of sp³-hybridized carbons (Fsp3) is 0.333. The van der Waals surface area contributed by atoms with Crippen LogP contribution < -0.4 is 4.90 Å². The van der Waals surface area contributed by atoms with Crippen LogP contribution in [0, 0.1) is 6.92 Å². The van der Waals surface area contributed by atoms with Crippen molar-refractivity contribution in [1.29, 1.82) is 0 Å². The van der Waals surface area contributed by atoms with Gasteiger partial charge in [0.05, 0.1) is 0 Å². The Labute approximate surface area is 123 Å². The number of carbonyl (C=O) groups excluding carboxylic acids is 2. The minimum atomic E-state index is -0.516. The van der Waals surface area contributed by atoms with Crippen molar-refractivity contribution >= 4 is 29.1 Å². The second kappa shape index (κ2) is 5.67. The largest absolute Gasteiger partial charge is 0.329 e. The molecule has 0 unspecified atom stereocenters. The Morgan fingerprint density at radius 2 is 2.00 bits per heavy atom. The fourth-order valence-electron chi connectivity index (χ4n) is 2.15. The Morgan fingerprint density at radius 1 is 1.30 bits per heavy atom. The molecule has 1 aromatic carbocycles. The minimum Gasteiger partial charge on any atom is -0.329 e. The molecule has 0 atom stereocenters. The number of hydrogen-bond donors (Lipinski definition) is 0. The van der Waals surface area contributed by atoms with E-state index >= 15 is 0 Å². The molecule has 1 aliphatic rings. The van der Waals surface area contributed by atoms with Crippen molar-refractivity contribution in [1.82, 2.24) is 4.90 Å². The van der Waals surface area contributed by atoms with Crippen LogP contribution in [0.4, 0.5) is 5.69 Å². The minimum absolute atomic E-state index is 0.424. The lowest BCUT2D eigenvalue weighted by molar-refractivity contribution is -0.145. The zero-order valence-corrected chi connectivity index (χ0v) is 12.4. The van der Waals surface area contributed by atoms with Crippen molar-refractivity contribution in [3.8, 4) is 0 Å². The predicted molar refractivity (Wildman–Crippen MR) is 79.9 cm³/mol. The van der Waals surface area contributed by atoms with Crippen LogP contribution >= 0.6 is 11.6 Å². The average molecular weight is 293 g/mol. The first-order chi connectivity index (χ1) is 9.40. The van der Waals surface area contributed by atoms with Gasteiger partial charge in [0.1, 0.15) is 0 Å². The number of benzene rings is 1. The van der Waals surface area contributed by atoms with Crippen LogP contribution in [0.5, 0.6) is 0 Å². The standard InChI is InChI=1S/C15H17ClN2O2/c1-10(2)9-17-6-7-18(15(20)14(17)19)12-5-4-11(3)13(16)8-12/h4-5,8H,1,6-7,9H2,2-3H3. The van der Waals surface area contributed by atoms with E-state index in [-0.39, 0.29) is 0 Å². The van der Waals surface area contributed by atoms with Gasteiger partial charge in [-0.15, -0.1) is 0 Å². The van der Waals surface area contributed by atoms with Crippen molar-refractivity contribution in [2.75, 3.05) is 24.5 Å². The van der Waals surface area contributed by atoms with Gasteiger partial charge in [0.15, 0.2) is 0 Å². The summed E-state index contributed by atoms with van der Waals surface area (Å²) in [7, 11) is 0. The van der Waals surface area contributed by atoms with E-state index in [0.29, 0.717) is 30.3 Å². The van der Waals surface area contributed by atoms with E-state index in [4.69, 9.17) is 11.6 Å². The number of piperazine rings is 1. The summed E-state index contributed by atoms with van der Waals surface area (Å²) in [6.45, 7) is 8.90. The van der Waals surface area contributed by atoms with Crippen molar-refractivity contribution in [2.24, 2.45) is 0 Å². The molecule has 0 spiro atoms. The summed E-state index contributed by atoms with van der Waals surface area (Å²) < 4.78 is 0. The maximum atomic E-state index is 12.2. The molecule has 0 radical (unpaired) electrons. The van der Waals surface area contributed by atoms with E-state index in [2.05, 4.69) is 6.58 Å². The molecule has 1 saturated heterocycles. The van der Waals surface area contributed by atoms with E-state index in [9.17, 15) is 9.59 Å². The molecule has 106 valence electrons. The van der Waals surface area contributed by atoms with Crippen LogP contribution in [0.1, 0.15) is 12.5 Å². The van der Waals surface area contributed by atoms with Gasteiger partial charge in [-0.1, -0.05) is 29.8 Å². The lowest BCUT2D eigenvalue weighted by Crippen LogP contribution is -2.54. The second-order valence-electron chi connectivity index (χ2n) is 5.07. The lowest BCUT2D eigenvalue weighted by Gasteiger charge is -2.34. The van der Waals surface area contributed by atoms with Crippen molar-refractivity contribution in [3.05, 3.63) is 40.9 Å². The van der Waals surface area contributed by atoms with E-state index in [0.717, 1.165) is 11.1 Å². The topological polar surface area (TPSA) is 40.6 Å². The fourth-order valence-corrected chi connectivity index (χ4v) is 2.32. The Morgan fingerprint density at radius 3 is 2.60 bits per heavy atom. The van der Waals surface area contributed by atoms with E-state index < -0.39 is 11.8 Å². The Kier molecular flexibility index (Phi) is 4.14. The van der Waals surface area contributed by atoms with Gasteiger partial charge < -0.3 is 9.80 Å². The molecule has 1 aliphatic heterocycles. The average Bonchev–Trinajstić information content (AvgIpc) is 2.38. The molecule has 2 amide bonds. The second-order valence-corrected chi connectivity index (χ2v) is 5.48. The van der Waals surface area contributed by atoms with Crippen molar-refractivity contribution < 1.29 is 9.59 Å². The molecule has 1 aromatic rings. The molecular formula is C15H17ClN2O2. The van der Waals surface area contributed by atoms with E-state index in [1.807, 2.05) is 19.9 Å². The highest BCUT2D eigenvalue weighted by molar-refractivity contribution is 6.41. The summed E-state index contributed by atoms with van der Waals surface area (Å²) in [6, 6.07) is 5.37. The summed E-state index contributed by atoms with van der Waals surface area (Å²) >= 11 is 6.07. The number of hydrogen-bond acceptors (Lipinski definition) is 2. The SMILES string of the molecule is C=C(C)CN1CCN(c2ccc(C)c(Cl)c2)C(=O)C1=O. The zero-order chi connectivity index (χ0) is 14.9. The molecule has 0 aliphatic carbocycles. The molecule has 0 aromatic heterocycles. The smallest absolute Gasteiger partial charge is 0.316 e. The van der Waals surface area contributed by atoms with Gasteiger partial charge in [-0.25, -0.2) is 0 Å². The maximum Gasteiger partial charge on any atom is 0.316 e. The number of nitrogens with zero attached hydrogens (tertiary/aromatic N) is 2. The summed E-state index contributed by atoms with van der Waals surface area (Å²) in [5.41, 5.74) is 2.46. The number of halogens is 1. The maximum absolute atomic E-state index is 12.2. The van der Waals surface area contributed by atoms with Gasteiger partial charge in [-0.2, -0.15) is 0 Å². The molecule has 2 rings (SSSR count). The van der Waals surface area contributed by atoms with Crippen LogP contribution in [0.2, 0.25) is 5.02 Å². The van der Waals surface area contributed by atoms with Crippen LogP contribution in [-0.2, 0) is 9.59 Å². The molecule has 1 heterocycles. The van der Waals surface area contributed by atoms with Crippen molar-refractivity contribution in [3.63, 3.8) is 0 Å². The quantitative estimate of drug-likeness (QED) is 0.634. The van der Waals surface area contributed by atoms with Crippen LogP contribution in [-0.4, -0.2) is 36.3 Å². The first-order valence-corrected chi connectivity index (χ1v) is 6.79. The highest BCUT2D eigenvalue weighted by Gasteiger charge is 2.33. The number of anilines is 1. The Balaban J connectivity index is 2.20. The number of carbonyl (C=O) groups is 2. The van der Waals surface area contributed by atoms with Gasteiger partial charge in [0.2, 0.25) is 0 Å². The molecule has 4 nitrogen and oxygen atoms in total. The van der Waals surface area contributed by atoms with Crippen LogP contribution in [0.15, 0.2) is 30.4 Å².